The summed E-state index contributed by atoms with van der Waals surface area (Å²) in [6, 6.07) is -3.33. The molecule has 364 valence electrons. The van der Waals surface area contributed by atoms with Crippen LogP contribution in [0.4, 0.5) is 0 Å². The van der Waals surface area contributed by atoms with E-state index in [1.165, 1.54) is 29.2 Å². The lowest BCUT2D eigenvalue weighted by Crippen LogP contribution is -2.62. The summed E-state index contributed by atoms with van der Waals surface area (Å²) in [6.45, 7) is 4.78. The second kappa shape index (κ2) is 25.6. The number of primary amides is 3. The van der Waals surface area contributed by atoms with Crippen LogP contribution < -0.4 is 59.7 Å². The number of carbonyl (C=O) groups is 11. The Hall–Kier alpha value is -6.85. The summed E-state index contributed by atoms with van der Waals surface area (Å²) in [5, 5.41) is 30.2. The van der Waals surface area contributed by atoms with E-state index in [0.717, 1.165) is 0 Å². The minimum Gasteiger partial charge on any atom is -0.508 e. The maximum Gasteiger partial charge on any atom is 0.247 e. The first-order valence-corrected chi connectivity index (χ1v) is 21.9. The van der Waals surface area contributed by atoms with Gasteiger partial charge in [-0.1, -0.05) is 52.7 Å². The average molecular weight is 929 g/mol. The molecule has 0 unspecified atom stereocenters. The summed E-state index contributed by atoms with van der Waals surface area (Å²) >= 11 is 0. The molecule has 1 aromatic rings. The number of amides is 11. The maximum atomic E-state index is 14.4. The molecule has 1 saturated heterocycles. The Kier molecular flexibility index (Phi) is 20.7. The molecule has 24 heteroatoms. The van der Waals surface area contributed by atoms with Gasteiger partial charge in [0.05, 0.1) is 26.1 Å². The number of phenols is 1. The maximum absolute atomic E-state index is 14.4. The molecule has 0 spiro atoms. The van der Waals surface area contributed by atoms with Crippen LogP contribution in [-0.4, -0.2) is 143 Å². The summed E-state index contributed by atoms with van der Waals surface area (Å²) in [4.78, 5) is 147. The Labute approximate surface area is 381 Å². The van der Waals surface area contributed by atoms with E-state index in [4.69, 9.17) is 17.2 Å². The molecule has 0 radical (unpaired) electrons. The van der Waals surface area contributed by atoms with Crippen molar-refractivity contribution in [1.29, 1.82) is 0 Å². The van der Waals surface area contributed by atoms with E-state index in [9.17, 15) is 57.8 Å². The van der Waals surface area contributed by atoms with E-state index >= 15 is 0 Å². The van der Waals surface area contributed by atoms with Crippen molar-refractivity contribution in [2.24, 2.45) is 29.0 Å². The van der Waals surface area contributed by atoms with Crippen molar-refractivity contribution in [1.82, 2.24) is 47.4 Å². The molecule has 66 heavy (non-hydrogen) atoms. The van der Waals surface area contributed by atoms with Gasteiger partial charge in [-0.3, -0.25) is 52.7 Å². The molecular formula is C42H64N12O12. The van der Waals surface area contributed by atoms with E-state index in [1.54, 1.807) is 27.7 Å². The number of hydrogen-bond acceptors (Lipinski definition) is 13. The second-order valence-electron chi connectivity index (χ2n) is 16.7. The molecule has 0 aromatic heterocycles. The number of rotatable bonds is 19. The third kappa shape index (κ3) is 17.3. The third-order valence-corrected chi connectivity index (χ3v) is 11.3. The van der Waals surface area contributed by atoms with Crippen molar-refractivity contribution in [2.75, 3.05) is 26.2 Å². The summed E-state index contributed by atoms with van der Waals surface area (Å²) in [5.41, 5.74) is 16.5. The van der Waals surface area contributed by atoms with Crippen LogP contribution in [0, 0.1) is 11.8 Å². The van der Waals surface area contributed by atoms with Gasteiger partial charge in [-0.25, -0.2) is 0 Å². The number of carbonyl (C=O) groups excluding carboxylic acids is 11. The third-order valence-electron chi connectivity index (χ3n) is 11.3. The minimum absolute atomic E-state index is 0.0534. The van der Waals surface area contributed by atoms with E-state index in [2.05, 4.69) is 42.5 Å². The van der Waals surface area contributed by atoms with Crippen molar-refractivity contribution >= 4 is 65.0 Å². The molecule has 3 rings (SSSR count). The topological polar surface area (TPSA) is 386 Å². The highest BCUT2D eigenvalue weighted by molar-refractivity contribution is 5.99. The summed E-state index contributed by atoms with van der Waals surface area (Å²) in [5.74, 6) is -10.6. The monoisotopic (exact) mass is 928 g/mol. The molecule has 1 saturated carbocycles. The van der Waals surface area contributed by atoms with E-state index < -0.39 is 158 Å². The molecule has 1 aromatic carbocycles. The van der Waals surface area contributed by atoms with Crippen molar-refractivity contribution < 1.29 is 57.8 Å². The Morgan fingerprint density at radius 1 is 0.773 bits per heavy atom. The number of nitrogens with one attached hydrogen (secondary N) is 8. The standard InChI is InChI=1S/C42H64N12O12/c1-5-21(3)35(40(64)47-18-32(45)58)52-34(60)20-54(24-9-10-24)42(66)29-17-46-19-33(59)48-27(15-23-7-11-25(55)12-8-23)39(63)53-36(22(4)6-2)41(65)49-26(13-14-30(43)56)37(61)50-28(16-31(44)57)38(62)51-29/h7-8,11-12,21-22,24,26-29,35-36,46,55H,5-6,9-10,13-20H2,1-4H3,(H2,43,56)(H2,44,57)(H2,45,58)(H,47,64)(H,48,59)(H,49,65)(H,50,61)(H,51,62)(H,52,60)(H,53,63)/t21-,22+,26+,27+,28+,29+,35-,36+/m1/s1. The first-order valence-electron chi connectivity index (χ1n) is 21.9. The molecule has 1 aliphatic heterocycles. The number of nitrogens with zero attached hydrogens (tertiary/aromatic N) is 1. The molecule has 2 fully saturated rings. The van der Waals surface area contributed by atoms with Gasteiger partial charge in [-0.15, -0.1) is 0 Å². The highest BCUT2D eigenvalue weighted by atomic mass is 16.3. The number of nitrogens with two attached hydrogens (primary N) is 3. The number of hydrogen-bond donors (Lipinski definition) is 12. The first kappa shape index (κ1) is 53.5. The van der Waals surface area contributed by atoms with Crippen LogP contribution in [-0.2, 0) is 59.2 Å². The van der Waals surface area contributed by atoms with Crippen molar-refractivity contribution in [3.8, 4) is 5.75 Å². The summed E-state index contributed by atoms with van der Waals surface area (Å²) in [7, 11) is 0. The minimum atomic E-state index is -1.76. The van der Waals surface area contributed by atoms with Gasteiger partial charge in [0.2, 0.25) is 65.0 Å². The lowest BCUT2D eigenvalue weighted by atomic mass is 9.96. The highest BCUT2D eigenvalue weighted by Gasteiger charge is 2.40. The highest BCUT2D eigenvalue weighted by Crippen LogP contribution is 2.27. The fourth-order valence-electron chi connectivity index (χ4n) is 6.91. The zero-order valence-electron chi connectivity index (χ0n) is 37.6. The predicted octanol–water partition coefficient (Wildman–Crippen LogP) is -4.73. The zero-order valence-corrected chi connectivity index (χ0v) is 37.6. The predicted molar refractivity (Wildman–Crippen MR) is 234 cm³/mol. The van der Waals surface area contributed by atoms with Crippen molar-refractivity contribution in [2.45, 2.75) is 121 Å². The molecule has 0 bridgehead atoms. The van der Waals surface area contributed by atoms with Gasteiger partial charge in [0.15, 0.2) is 0 Å². The number of phenolic OH excluding ortho intramolecular Hbond substituents is 1. The van der Waals surface area contributed by atoms with Crippen molar-refractivity contribution in [3.63, 3.8) is 0 Å². The Morgan fingerprint density at radius 3 is 1.97 bits per heavy atom. The number of benzene rings is 1. The van der Waals surface area contributed by atoms with Crippen LogP contribution in [0.1, 0.15) is 78.2 Å². The van der Waals surface area contributed by atoms with Crippen LogP contribution >= 0.6 is 0 Å². The van der Waals surface area contributed by atoms with Gasteiger partial charge in [0.25, 0.3) is 0 Å². The lowest BCUT2D eigenvalue weighted by Gasteiger charge is -2.31. The Balaban J connectivity index is 2.05. The molecular weight excluding hydrogens is 865 g/mol. The molecule has 2 aliphatic rings. The van der Waals surface area contributed by atoms with Gasteiger partial charge >= 0.3 is 0 Å². The largest absolute Gasteiger partial charge is 0.508 e. The quantitative estimate of drug-likeness (QED) is 0.0621. The molecule has 1 heterocycles. The van der Waals surface area contributed by atoms with Gasteiger partial charge in [-0.05, 0) is 48.8 Å². The van der Waals surface area contributed by atoms with Gasteiger partial charge in [-0.2, -0.15) is 0 Å². The number of aromatic hydroxyl groups is 1. The normalized spacial score (nSPS) is 22.5. The van der Waals surface area contributed by atoms with Crippen LogP contribution in [0.2, 0.25) is 0 Å². The van der Waals surface area contributed by atoms with Gasteiger partial charge < -0.3 is 69.7 Å². The Bertz CT molecular complexity index is 1960. The van der Waals surface area contributed by atoms with Crippen LogP contribution in [0.25, 0.3) is 0 Å². The van der Waals surface area contributed by atoms with Crippen LogP contribution in [0.3, 0.4) is 0 Å². The fraction of sp³-hybridized carbons (Fsp3) is 0.595. The smallest absolute Gasteiger partial charge is 0.247 e. The van der Waals surface area contributed by atoms with Crippen LogP contribution in [0.15, 0.2) is 24.3 Å². The molecule has 11 amide bonds. The zero-order chi connectivity index (χ0) is 49.2. The molecule has 24 nitrogen and oxygen atoms in total. The molecule has 15 N–H and O–H groups in total. The summed E-state index contributed by atoms with van der Waals surface area (Å²) < 4.78 is 0. The van der Waals surface area contributed by atoms with Gasteiger partial charge in [0, 0.05) is 25.4 Å². The average Bonchev–Trinajstić information content (AvgIpc) is 4.11. The molecule has 8 atom stereocenters. The summed E-state index contributed by atoms with van der Waals surface area (Å²) in [6.07, 6.45) is -0.000108. The van der Waals surface area contributed by atoms with Crippen LogP contribution in [0.5, 0.6) is 5.75 Å². The second-order valence-corrected chi connectivity index (χ2v) is 16.7. The first-order chi connectivity index (χ1) is 31.1. The lowest BCUT2D eigenvalue weighted by molar-refractivity contribution is -0.141. The van der Waals surface area contributed by atoms with Crippen molar-refractivity contribution in [3.05, 3.63) is 29.8 Å². The van der Waals surface area contributed by atoms with Gasteiger partial charge in [0.1, 0.15) is 42.0 Å². The fourth-order valence-corrected chi connectivity index (χ4v) is 6.91. The van der Waals surface area contributed by atoms with E-state index in [1.807, 2.05) is 0 Å². The van der Waals surface area contributed by atoms with E-state index in [0.29, 0.717) is 31.2 Å². The Morgan fingerprint density at radius 2 is 1.39 bits per heavy atom. The van der Waals surface area contributed by atoms with E-state index in [-0.39, 0.29) is 18.6 Å². The molecule has 1 aliphatic carbocycles. The SMILES string of the molecule is CC[C@@H](C)[C@@H](NC(=O)CN(C(=O)[C@@H]1CNCC(=O)N[C@@H](Cc2ccc(O)cc2)C(=O)N[C@@H]([C@@H](C)CC)C(=O)N[C@@H](CCC(N)=O)C(=O)N[C@@H](CC(N)=O)C(=O)N1)C1CC1)C(=O)NCC(N)=O.